The van der Waals surface area contributed by atoms with Gasteiger partial charge in [-0.1, -0.05) is 72.8 Å². The number of allylic oxidation sites excluding steroid dienone is 4. The van der Waals surface area contributed by atoms with E-state index in [9.17, 15) is 20.1 Å². The first-order chi connectivity index (χ1) is 16.1. The zero-order valence-electron chi connectivity index (χ0n) is 23.0. The lowest BCUT2D eigenvalue weighted by molar-refractivity contribution is -0.146. The predicted octanol–water partition coefficient (Wildman–Crippen LogP) is 6.54. The predicted molar refractivity (Wildman–Crippen MR) is 141 cm³/mol. The molecule has 4 aliphatic rings. The summed E-state index contributed by atoms with van der Waals surface area (Å²) in [6, 6.07) is 0. The molecule has 2 saturated carbocycles. The summed E-state index contributed by atoms with van der Waals surface area (Å²) < 4.78 is 0. The molecule has 0 aliphatic heterocycles. The number of hydrogen-bond acceptors (Lipinski definition) is 3. The van der Waals surface area contributed by atoms with Gasteiger partial charge < -0.3 is 15.3 Å². The summed E-state index contributed by atoms with van der Waals surface area (Å²) in [7, 11) is 0. The molecular formula is C31H48O4. The van der Waals surface area contributed by atoms with E-state index in [0.717, 1.165) is 37.7 Å². The van der Waals surface area contributed by atoms with Crippen molar-refractivity contribution in [1.82, 2.24) is 0 Å². The van der Waals surface area contributed by atoms with Crippen LogP contribution in [-0.2, 0) is 4.79 Å². The van der Waals surface area contributed by atoms with Gasteiger partial charge in [0.2, 0.25) is 0 Å². The van der Waals surface area contributed by atoms with E-state index < -0.39 is 23.4 Å². The van der Waals surface area contributed by atoms with Crippen molar-refractivity contribution in [2.24, 2.45) is 45.3 Å². The Morgan fingerprint density at radius 2 is 1.74 bits per heavy atom. The van der Waals surface area contributed by atoms with Gasteiger partial charge in [0.25, 0.3) is 0 Å². The molecule has 0 aromatic heterocycles. The van der Waals surface area contributed by atoms with Crippen LogP contribution in [0.2, 0.25) is 0 Å². The third kappa shape index (κ3) is 3.64. The first-order valence-electron chi connectivity index (χ1n) is 13.8. The molecule has 2 fully saturated rings. The third-order valence-electron chi connectivity index (χ3n) is 11.8. The van der Waals surface area contributed by atoms with Crippen LogP contribution in [0.4, 0.5) is 0 Å². The van der Waals surface area contributed by atoms with E-state index in [0.29, 0.717) is 24.7 Å². The van der Waals surface area contributed by atoms with E-state index in [1.165, 1.54) is 11.1 Å². The van der Waals surface area contributed by atoms with Gasteiger partial charge in [0, 0.05) is 5.41 Å². The monoisotopic (exact) mass is 484 g/mol. The quantitative estimate of drug-likeness (QED) is 0.374. The number of aliphatic hydroxyl groups excluding tert-OH is 2. The number of rotatable bonds is 6. The van der Waals surface area contributed by atoms with Crippen LogP contribution >= 0.6 is 0 Å². The van der Waals surface area contributed by atoms with Crippen molar-refractivity contribution in [3.8, 4) is 0 Å². The topological polar surface area (TPSA) is 77.8 Å². The van der Waals surface area contributed by atoms with Crippen molar-refractivity contribution in [1.29, 1.82) is 0 Å². The number of carboxylic acids is 1. The van der Waals surface area contributed by atoms with Crippen molar-refractivity contribution >= 4 is 5.97 Å². The van der Waals surface area contributed by atoms with E-state index in [1.807, 2.05) is 0 Å². The van der Waals surface area contributed by atoms with Crippen LogP contribution in [0.25, 0.3) is 0 Å². The standard InChI is InChI=1S/C31H48O4/c1-18(2)19(3)9-10-20(27(34)35)23-17-26(33)31(8)22-11-12-24-28(4,5)25(32)14-15-29(24,6)21(22)13-16-30(23,31)7/h11,13,18,20,23-26,32-33H,3,9-10,12,14-17H2,1-2,4-8H3,(H,34,35)/t20-,23-,24+,25+,26+,29-,30-,31-/m1/s1. The molecule has 0 unspecified atom stereocenters. The number of carbonyl (C=O) groups is 1. The fourth-order valence-corrected chi connectivity index (χ4v) is 8.81. The van der Waals surface area contributed by atoms with Crippen molar-refractivity contribution in [2.75, 3.05) is 0 Å². The average molecular weight is 485 g/mol. The Kier molecular flexibility index (Phi) is 6.54. The molecular weight excluding hydrogens is 436 g/mol. The van der Waals surface area contributed by atoms with E-state index in [4.69, 9.17) is 0 Å². The lowest BCUT2D eigenvalue weighted by Crippen LogP contribution is -2.55. The Balaban J connectivity index is 1.73. The maximum absolute atomic E-state index is 12.6. The minimum atomic E-state index is -0.744. The molecule has 35 heavy (non-hydrogen) atoms. The fourth-order valence-electron chi connectivity index (χ4n) is 8.81. The van der Waals surface area contributed by atoms with E-state index in [1.54, 1.807) is 0 Å². The molecule has 0 aromatic carbocycles. The summed E-state index contributed by atoms with van der Waals surface area (Å²) in [5.74, 6) is -0.623. The van der Waals surface area contributed by atoms with Gasteiger partial charge in [-0.05, 0) is 90.1 Å². The maximum atomic E-state index is 12.6. The van der Waals surface area contributed by atoms with Crippen LogP contribution in [0.15, 0.2) is 35.5 Å². The molecule has 196 valence electrons. The number of aliphatic carboxylic acids is 1. The minimum absolute atomic E-state index is 0.0316. The highest BCUT2D eigenvalue weighted by Crippen LogP contribution is 2.71. The minimum Gasteiger partial charge on any atom is -0.481 e. The van der Waals surface area contributed by atoms with Gasteiger partial charge >= 0.3 is 5.97 Å². The largest absolute Gasteiger partial charge is 0.481 e. The van der Waals surface area contributed by atoms with E-state index >= 15 is 0 Å². The summed E-state index contributed by atoms with van der Waals surface area (Å²) in [5.41, 5.74) is 2.72. The van der Waals surface area contributed by atoms with Gasteiger partial charge in [0.1, 0.15) is 0 Å². The normalized spacial score (nSPS) is 42.9. The first-order valence-corrected chi connectivity index (χ1v) is 13.8. The number of fused-ring (bicyclic) bond motifs is 5. The van der Waals surface area contributed by atoms with Crippen molar-refractivity contribution < 1.29 is 20.1 Å². The molecule has 8 atom stereocenters. The first kappa shape index (κ1) is 26.7. The van der Waals surface area contributed by atoms with Crippen LogP contribution in [0.5, 0.6) is 0 Å². The van der Waals surface area contributed by atoms with Crippen LogP contribution < -0.4 is 0 Å². The number of hydrogen-bond donors (Lipinski definition) is 3. The lowest BCUT2D eigenvalue weighted by atomic mass is 9.44. The SMILES string of the molecule is C=C(CC[C@@H](C(=O)O)[C@H]1C[C@H](O)[C@@]2(C)C3=CC[C@H]4C(C)(C)[C@@H](O)CC[C@]4(C)C3=CC[C@]12C)C(C)C. The summed E-state index contributed by atoms with van der Waals surface area (Å²) in [5, 5.41) is 32.8. The molecule has 0 amide bonds. The third-order valence-corrected chi connectivity index (χ3v) is 11.8. The van der Waals surface area contributed by atoms with Gasteiger partial charge in [0.05, 0.1) is 18.1 Å². The molecule has 0 bridgehead atoms. The maximum Gasteiger partial charge on any atom is 0.306 e. The Labute approximate surface area is 212 Å². The highest BCUT2D eigenvalue weighted by atomic mass is 16.4. The second-order valence-electron chi connectivity index (χ2n) is 13.8. The number of carboxylic acid groups (broad SMARTS) is 1. The van der Waals surface area contributed by atoms with Crippen LogP contribution in [0.3, 0.4) is 0 Å². The van der Waals surface area contributed by atoms with Gasteiger partial charge in [-0.25, -0.2) is 0 Å². The molecule has 4 aliphatic carbocycles. The molecule has 0 heterocycles. The Morgan fingerprint density at radius 1 is 1.09 bits per heavy atom. The highest BCUT2D eigenvalue weighted by molar-refractivity contribution is 5.71. The van der Waals surface area contributed by atoms with Crippen LogP contribution in [-0.4, -0.2) is 33.5 Å². The molecule has 4 heteroatoms. The van der Waals surface area contributed by atoms with Crippen molar-refractivity contribution in [2.45, 2.75) is 106 Å². The van der Waals surface area contributed by atoms with E-state index in [2.05, 4.69) is 67.2 Å². The summed E-state index contributed by atoms with van der Waals surface area (Å²) >= 11 is 0. The molecule has 0 saturated heterocycles. The van der Waals surface area contributed by atoms with Crippen molar-refractivity contribution in [3.05, 3.63) is 35.5 Å². The zero-order chi connectivity index (χ0) is 26.1. The van der Waals surface area contributed by atoms with Gasteiger partial charge in [-0.2, -0.15) is 0 Å². The molecule has 4 nitrogen and oxygen atoms in total. The number of aliphatic hydroxyl groups is 2. The van der Waals surface area contributed by atoms with Crippen LogP contribution in [0.1, 0.15) is 93.4 Å². The second kappa shape index (κ2) is 8.58. The van der Waals surface area contributed by atoms with Gasteiger partial charge in [-0.3, -0.25) is 4.79 Å². The average Bonchev–Trinajstić information content (AvgIpc) is 2.98. The molecule has 4 rings (SSSR count). The lowest BCUT2D eigenvalue weighted by Gasteiger charge is -2.61. The van der Waals surface area contributed by atoms with Gasteiger partial charge in [-0.15, -0.1) is 0 Å². The molecule has 3 N–H and O–H groups in total. The summed E-state index contributed by atoms with van der Waals surface area (Å²) in [6.07, 6.45) is 9.14. The van der Waals surface area contributed by atoms with E-state index in [-0.39, 0.29) is 28.3 Å². The molecule has 0 aromatic rings. The smallest absolute Gasteiger partial charge is 0.306 e. The molecule has 0 radical (unpaired) electrons. The highest BCUT2D eigenvalue weighted by Gasteiger charge is 2.67. The Bertz CT molecular complexity index is 957. The molecule has 0 spiro atoms. The van der Waals surface area contributed by atoms with Gasteiger partial charge in [0.15, 0.2) is 0 Å². The fraction of sp³-hybridized carbons (Fsp3) is 0.774. The Morgan fingerprint density at radius 3 is 2.34 bits per heavy atom. The summed E-state index contributed by atoms with van der Waals surface area (Å²) in [6.45, 7) is 19.6. The summed E-state index contributed by atoms with van der Waals surface area (Å²) in [4.78, 5) is 12.6. The van der Waals surface area contributed by atoms with Crippen LogP contribution in [0, 0.1) is 45.3 Å². The van der Waals surface area contributed by atoms with Crippen molar-refractivity contribution in [3.63, 3.8) is 0 Å². The Hall–Kier alpha value is -1.39. The second-order valence-corrected chi connectivity index (χ2v) is 13.8. The zero-order valence-corrected chi connectivity index (χ0v) is 23.0.